The van der Waals surface area contributed by atoms with Crippen molar-refractivity contribution in [3.05, 3.63) is 52.5 Å². The van der Waals surface area contributed by atoms with E-state index in [1.54, 1.807) is 12.1 Å². The molecule has 0 saturated carbocycles. The number of ether oxygens (including phenoxy) is 1. The van der Waals surface area contributed by atoms with Crippen LogP contribution in [0.1, 0.15) is 50.4 Å². The van der Waals surface area contributed by atoms with Crippen molar-refractivity contribution in [1.29, 1.82) is 5.26 Å². The Labute approximate surface area is 151 Å². The smallest absolute Gasteiger partial charge is 0.244 e. The lowest BCUT2D eigenvalue weighted by Gasteiger charge is -2.27. The number of nitriles is 1. The number of nitrogens with zero attached hydrogens (tertiary/aromatic N) is 2. The highest BCUT2D eigenvalue weighted by Crippen LogP contribution is 2.45. The summed E-state index contributed by atoms with van der Waals surface area (Å²) in [6, 6.07) is 9.52. The first kappa shape index (κ1) is 17.5. The molecule has 2 heterocycles. The van der Waals surface area contributed by atoms with Gasteiger partial charge in [-0.2, -0.15) is 5.26 Å². The number of H-pyrrole nitrogens is 1. The first-order valence-corrected chi connectivity index (χ1v) is 8.26. The van der Waals surface area contributed by atoms with Crippen LogP contribution in [0.25, 0.3) is 0 Å². The van der Waals surface area contributed by atoms with Gasteiger partial charge in [-0.05, 0) is 17.7 Å². The summed E-state index contributed by atoms with van der Waals surface area (Å²) in [5, 5.41) is 19.7. The molecule has 2 aromatic rings. The second-order valence-corrected chi connectivity index (χ2v) is 7.30. The number of benzene rings is 1. The first-order chi connectivity index (χ1) is 12.2. The highest BCUT2D eigenvalue weighted by atomic mass is 16.5. The van der Waals surface area contributed by atoms with Gasteiger partial charge in [0.15, 0.2) is 0 Å². The summed E-state index contributed by atoms with van der Waals surface area (Å²) in [6.07, 6.45) is 0. The third-order valence-corrected chi connectivity index (χ3v) is 4.25. The molecule has 3 rings (SSSR count). The highest BCUT2D eigenvalue weighted by molar-refractivity contribution is 5.88. The van der Waals surface area contributed by atoms with Crippen molar-refractivity contribution in [3.63, 3.8) is 0 Å². The number of rotatable bonds is 2. The van der Waals surface area contributed by atoms with E-state index in [9.17, 15) is 10.1 Å². The molecule has 1 aliphatic rings. The predicted molar refractivity (Wildman–Crippen MR) is 97.3 cm³/mol. The molecule has 1 aromatic heterocycles. The number of nitrogens with two attached hydrogens (primary N) is 1. The second kappa shape index (κ2) is 6.23. The van der Waals surface area contributed by atoms with E-state index in [1.165, 1.54) is 6.92 Å². The van der Waals surface area contributed by atoms with Crippen molar-refractivity contribution in [2.24, 2.45) is 5.73 Å². The molecule has 0 bridgehead atoms. The number of anilines is 1. The van der Waals surface area contributed by atoms with Gasteiger partial charge in [0.2, 0.25) is 17.7 Å². The van der Waals surface area contributed by atoms with Crippen molar-refractivity contribution in [3.8, 4) is 11.9 Å². The van der Waals surface area contributed by atoms with Crippen molar-refractivity contribution >= 4 is 11.6 Å². The molecular weight excluding hydrogens is 330 g/mol. The molecule has 1 aliphatic heterocycles. The maximum atomic E-state index is 11.2. The number of carbonyl (C=O) groups is 1. The zero-order chi connectivity index (χ0) is 19.1. The third kappa shape index (κ3) is 3.02. The van der Waals surface area contributed by atoms with Crippen molar-refractivity contribution < 1.29 is 9.53 Å². The van der Waals surface area contributed by atoms with Gasteiger partial charge >= 0.3 is 0 Å². The van der Waals surface area contributed by atoms with Crippen molar-refractivity contribution in [2.45, 2.75) is 39.0 Å². The van der Waals surface area contributed by atoms with Gasteiger partial charge in [-0.15, -0.1) is 5.10 Å². The second-order valence-electron chi connectivity index (χ2n) is 7.30. The van der Waals surface area contributed by atoms with Gasteiger partial charge in [-0.3, -0.25) is 9.89 Å². The Kier molecular flexibility index (Phi) is 4.20. The maximum Gasteiger partial charge on any atom is 0.244 e. The van der Waals surface area contributed by atoms with E-state index >= 15 is 0 Å². The lowest BCUT2D eigenvalue weighted by Crippen LogP contribution is -2.23. The average Bonchev–Trinajstić information content (AvgIpc) is 2.97. The predicted octanol–water partition coefficient (Wildman–Crippen LogP) is 2.88. The molecule has 1 atom stereocenters. The molecule has 1 aromatic carbocycles. The SMILES string of the molecule is CC(=O)Nc1ccc(C2C(C#N)=C(N)Oc3n[nH]c(C(C)(C)C)c32)cc1. The topological polar surface area (TPSA) is 117 Å². The van der Waals surface area contributed by atoms with Crippen molar-refractivity contribution in [2.75, 3.05) is 5.32 Å². The van der Waals surface area contributed by atoms with Crippen LogP contribution in [-0.4, -0.2) is 16.1 Å². The molecular formula is C19H21N5O2. The zero-order valence-electron chi connectivity index (χ0n) is 15.2. The molecule has 134 valence electrons. The Balaban J connectivity index is 2.14. The lowest BCUT2D eigenvalue weighted by atomic mass is 9.79. The maximum absolute atomic E-state index is 11.2. The Morgan fingerprint density at radius 2 is 2.00 bits per heavy atom. The van der Waals surface area contributed by atoms with E-state index in [1.807, 2.05) is 12.1 Å². The van der Waals surface area contributed by atoms with Crippen LogP contribution >= 0.6 is 0 Å². The monoisotopic (exact) mass is 351 g/mol. The number of hydrogen-bond donors (Lipinski definition) is 3. The fourth-order valence-electron chi connectivity index (χ4n) is 3.11. The number of nitrogens with one attached hydrogen (secondary N) is 2. The van der Waals surface area contributed by atoms with Crippen LogP contribution in [0.4, 0.5) is 5.69 Å². The minimum Gasteiger partial charge on any atom is -0.420 e. The highest BCUT2D eigenvalue weighted by Gasteiger charge is 2.37. The van der Waals surface area contributed by atoms with Crippen LogP contribution in [0.3, 0.4) is 0 Å². The Morgan fingerprint density at radius 1 is 1.35 bits per heavy atom. The summed E-state index contributed by atoms with van der Waals surface area (Å²) in [5.74, 6) is -0.0776. The van der Waals surface area contributed by atoms with Gasteiger partial charge < -0.3 is 15.8 Å². The number of carbonyl (C=O) groups excluding carboxylic acids is 1. The zero-order valence-corrected chi connectivity index (χ0v) is 15.2. The van der Waals surface area contributed by atoms with Gasteiger partial charge in [0.1, 0.15) is 11.6 Å². The molecule has 4 N–H and O–H groups in total. The first-order valence-electron chi connectivity index (χ1n) is 8.26. The van der Waals surface area contributed by atoms with Crippen LogP contribution in [0.15, 0.2) is 35.7 Å². The summed E-state index contributed by atoms with van der Waals surface area (Å²) >= 11 is 0. The number of amides is 1. The van der Waals surface area contributed by atoms with Gasteiger partial charge in [-0.1, -0.05) is 32.9 Å². The number of hydrogen-bond acceptors (Lipinski definition) is 5. The lowest BCUT2D eigenvalue weighted by molar-refractivity contribution is -0.114. The standard InChI is InChI=1S/C19H21N5O2/c1-10(25)22-12-7-5-11(6-8-12)14-13(9-20)17(21)26-18-15(14)16(23-24-18)19(2,3)4/h5-8,14H,21H2,1-4H3,(H,22,25)(H,23,24). The van der Waals surface area contributed by atoms with Gasteiger partial charge in [0.25, 0.3) is 0 Å². The summed E-state index contributed by atoms with van der Waals surface area (Å²) in [4.78, 5) is 11.2. The minimum absolute atomic E-state index is 0.0582. The number of aromatic amines is 1. The van der Waals surface area contributed by atoms with Crippen LogP contribution in [0, 0.1) is 11.3 Å². The van der Waals surface area contributed by atoms with E-state index in [0.29, 0.717) is 17.1 Å². The van der Waals surface area contributed by atoms with Gasteiger partial charge in [0, 0.05) is 23.7 Å². The quantitative estimate of drug-likeness (QED) is 0.769. The third-order valence-electron chi connectivity index (χ3n) is 4.25. The Bertz CT molecular complexity index is 926. The van der Waals surface area contributed by atoms with Crippen molar-refractivity contribution in [1.82, 2.24) is 10.2 Å². The number of fused-ring (bicyclic) bond motifs is 1. The molecule has 7 heteroatoms. The average molecular weight is 351 g/mol. The molecule has 0 fully saturated rings. The molecule has 0 aliphatic carbocycles. The summed E-state index contributed by atoms with van der Waals surface area (Å²) in [6.45, 7) is 7.64. The van der Waals surface area contributed by atoms with E-state index in [4.69, 9.17) is 10.5 Å². The van der Waals surface area contributed by atoms with Crippen LogP contribution in [0.5, 0.6) is 5.88 Å². The fraction of sp³-hybridized carbons (Fsp3) is 0.316. The molecule has 1 amide bonds. The molecule has 1 unspecified atom stereocenters. The summed E-state index contributed by atoms with van der Waals surface area (Å²) in [7, 11) is 0. The van der Waals surface area contributed by atoms with Crippen LogP contribution < -0.4 is 15.8 Å². The molecule has 0 spiro atoms. The van der Waals surface area contributed by atoms with E-state index in [2.05, 4.69) is 42.4 Å². The molecule has 26 heavy (non-hydrogen) atoms. The normalized spacial score (nSPS) is 16.5. The fourth-order valence-corrected chi connectivity index (χ4v) is 3.11. The molecule has 0 saturated heterocycles. The number of aromatic nitrogens is 2. The van der Waals surface area contributed by atoms with Crippen LogP contribution in [-0.2, 0) is 10.2 Å². The van der Waals surface area contributed by atoms with E-state index < -0.39 is 0 Å². The minimum atomic E-state index is -0.386. The number of allylic oxidation sites excluding steroid dienone is 1. The van der Waals surface area contributed by atoms with Gasteiger partial charge in [0.05, 0.1) is 11.5 Å². The largest absolute Gasteiger partial charge is 0.420 e. The molecule has 0 radical (unpaired) electrons. The Morgan fingerprint density at radius 3 is 2.54 bits per heavy atom. The summed E-state index contributed by atoms with van der Waals surface area (Å²) in [5.41, 5.74) is 9.36. The summed E-state index contributed by atoms with van der Waals surface area (Å²) < 4.78 is 5.57. The van der Waals surface area contributed by atoms with E-state index in [0.717, 1.165) is 16.8 Å². The van der Waals surface area contributed by atoms with E-state index in [-0.39, 0.29) is 23.1 Å². The molecule has 7 nitrogen and oxygen atoms in total. The van der Waals surface area contributed by atoms with Crippen LogP contribution in [0.2, 0.25) is 0 Å². The Hall–Kier alpha value is -3.27. The van der Waals surface area contributed by atoms with Gasteiger partial charge in [-0.25, -0.2) is 0 Å².